The lowest BCUT2D eigenvalue weighted by molar-refractivity contribution is -0.277. The van der Waals surface area contributed by atoms with Crippen molar-refractivity contribution in [1.29, 1.82) is 0 Å². The molecule has 1 aromatic rings. The van der Waals surface area contributed by atoms with E-state index in [0.717, 1.165) is 0 Å². The Morgan fingerprint density at radius 2 is 1.80 bits per heavy atom. The summed E-state index contributed by atoms with van der Waals surface area (Å²) in [6, 6.07) is 0. The summed E-state index contributed by atoms with van der Waals surface area (Å²) < 4.78 is 77.8. The lowest BCUT2D eigenvalue weighted by atomic mass is 10.1. The maximum Gasteiger partial charge on any atom is 0.574 e. The number of hydrogen-bond acceptors (Lipinski definition) is 3. The molecule has 0 fully saturated rings. The number of alkyl halides is 7. The van der Waals surface area contributed by atoms with Crippen molar-refractivity contribution >= 4 is 28.4 Å². The Balaban J connectivity index is 3.62. The molecule has 0 aliphatic heterocycles. The number of ether oxygens (including phenoxy) is 1. The molecule has 0 saturated carbocycles. The number of hydrogen-bond donors (Lipinski definition) is 0. The van der Waals surface area contributed by atoms with Crippen LogP contribution in [-0.4, -0.2) is 16.6 Å². The molecule has 1 heterocycles. The second-order valence-corrected chi connectivity index (χ2v) is 3.90. The summed E-state index contributed by atoms with van der Waals surface area (Å²) in [6.45, 7) is 0. The summed E-state index contributed by atoms with van der Waals surface area (Å²) >= 11 is 10.3. The molecule has 0 radical (unpaired) electrons. The molecule has 112 valence electrons. The minimum Gasteiger partial charge on any atom is -0.387 e. The first-order valence-electron chi connectivity index (χ1n) is 4.58. The van der Waals surface area contributed by atoms with E-state index in [9.17, 15) is 31.1 Å². The van der Waals surface area contributed by atoms with Crippen LogP contribution in [-0.2, 0) is 12.1 Å². The van der Waals surface area contributed by atoms with Gasteiger partial charge in [-0.25, -0.2) is 4.98 Å². The van der Waals surface area contributed by atoms with Crippen LogP contribution in [0, 0.1) is 0 Å². The van der Waals surface area contributed by atoms with Crippen LogP contribution in [0.5, 0.6) is 5.88 Å². The molecule has 0 saturated heterocycles. The molecular weight excluding hydrogens is 339 g/mol. The molecule has 0 aromatic carbocycles. The van der Waals surface area contributed by atoms with E-state index in [4.69, 9.17) is 23.2 Å². The fourth-order valence-corrected chi connectivity index (χ4v) is 1.73. The van der Waals surface area contributed by atoms with Gasteiger partial charge in [0.25, 0.3) is 5.24 Å². The number of rotatable bonds is 3. The zero-order valence-corrected chi connectivity index (χ0v) is 10.6. The minimum atomic E-state index is -5.41. The maximum absolute atomic E-state index is 12.8. The van der Waals surface area contributed by atoms with Crippen molar-refractivity contribution in [3.63, 3.8) is 0 Å². The van der Waals surface area contributed by atoms with E-state index >= 15 is 0 Å². The standard InChI is InChI=1S/C9H3Cl2F6NO2/c10-1-3-2-18-7(20-9(15,16)17)5(8(12,13)14)4(3)6(11)19/h2H,1H2. The normalized spacial score (nSPS) is 12.4. The van der Waals surface area contributed by atoms with Gasteiger partial charge in [0.2, 0.25) is 5.88 Å². The number of carbonyl (C=O) groups is 1. The fraction of sp³-hybridized carbons (Fsp3) is 0.333. The SMILES string of the molecule is O=C(Cl)c1c(CCl)cnc(OC(F)(F)F)c1C(F)(F)F. The molecule has 20 heavy (non-hydrogen) atoms. The largest absolute Gasteiger partial charge is 0.574 e. The van der Waals surface area contributed by atoms with Gasteiger partial charge < -0.3 is 4.74 Å². The van der Waals surface area contributed by atoms with E-state index in [1.165, 1.54) is 0 Å². The molecule has 0 spiro atoms. The van der Waals surface area contributed by atoms with Crippen molar-refractivity contribution in [3.8, 4) is 5.88 Å². The van der Waals surface area contributed by atoms with E-state index in [1.54, 1.807) is 0 Å². The highest BCUT2D eigenvalue weighted by atomic mass is 35.5. The average molecular weight is 342 g/mol. The van der Waals surface area contributed by atoms with Crippen LogP contribution in [0.4, 0.5) is 26.3 Å². The molecule has 0 bridgehead atoms. The van der Waals surface area contributed by atoms with Crippen molar-refractivity contribution in [3.05, 3.63) is 22.9 Å². The molecule has 0 atom stereocenters. The maximum atomic E-state index is 12.8. The number of nitrogens with zero attached hydrogens (tertiary/aromatic N) is 1. The Morgan fingerprint density at radius 1 is 1.25 bits per heavy atom. The zero-order chi connectivity index (χ0) is 15.7. The van der Waals surface area contributed by atoms with Gasteiger partial charge in [0, 0.05) is 12.1 Å². The lowest BCUT2D eigenvalue weighted by Gasteiger charge is -2.17. The molecular formula is C9H3Cl2F6NO2. The monoisotopic (exact) mass is 341 g/mol. The molecule has 0 amide bonds. The molecule has 0 aliphatic rings. The van der Waals surface area contributed by atoms with Gasteiger partial charge in [0.05, 0.1) is 5.56 Å². The van der Waals surface area contributed by atoms with Gasteiger partial charge in [-0.05, 0) is 17.2 Å². The van der Waals surface area contributed by atoms with Crippen molar-refractivity contribution in [2.24, 2.45) is 0 Å². The van der Waals surface area contributed by atoms with Crippen LogP contribution >= 0.6 is 23.2 Å². The van der Waals surface area contributed by atoms with Gasteiger partial charge in [0.1, 0.15) is 5.56 Å². The van der Waals surface area contributed by atoms with Crippen LogP contribution in [0.1, 0.15) is 21.5 Å². The smallest absolute Gasteiger partial charge is 0.387 e. The Bertz CT molecular complexity index is 528. The summed E-state index contributed by atoms with van der Waals surface area (Å²) in [5.41, 5.74) is -3.70. The third kappa shape index (κ3) is 3.89. The molecule has 0 N–H and O–H groups in total. The van der Waals surface area contributed by atoms with Crippen molar-refractivity contribution in [2.45, 2.75) is 18.4 Å². The van der Waals surface area contributed by atoms with E-state index in [1.807, 2.05) is 0 Å². The van der Waals surface area contributed by atoms with E-state index < -0.39 is 46.2 Å². The first kappa shape index (κ1) is 16.8. The van der Waals surface area contributed by atoms with Crippen molar-refractivity contribution in [1.82, 2.24) is 4.98 Å². The summed E-state index contributed by atoms with van der Waals surface area (Å²) in [7, 11) is 0. The molecule has 11 heteroatoms. The average Bonchev–Trinajstić information content (AvgIpc) is 2.24. The Hall–Kier alpha value is -1.22. The van der Waals surface area contributed by atoms with Crippen LogP contribution in [0.25, 0.3) is 0 Å². The van der Waals surface area contributed by atoms with Crippen molar-refractivity contribution < 1.29 is 35.9 Å². The molecule has 0 unspecified atom stereocenters. The summed E-state index contributed by atoms with van der Waals surface area (Å²) in [6.07, 6.45) is -10.2. The predicted molar refractivity (Wildman–Crippen MR) is 55.7 cm³/mol. The minimum absolute atomic E-state index is 0.464. The highest BCUT2D eigenvalue weighted by Crippen LogP contribution is 2.41. The van der Waals surface area contributed by atoms with E-state index in [0.29, 0.717) is 6.20 Å². The van der Waals surface area contributed by atoms with Crippen LogP contribution in [0.15, 0.2) is 6.20 Å². The molecule has 0 aliphatic carbocycles. The van der Waals surface area contributed by atoms with Gasteiger partial charge in [-0.2, -0.15) is 13.2 Å². The van der Waals surface area contributed by atoms with E-state index in [2.05, 4.69) is 9.72 Å². The van der Waals surface area contributed by atoms with E-state index in [-0.39, 0.29) is 0 Å². The number of pyridine rings is 1. The van der Waals surface area contributed by atoms with Gasteiger partial charge >= 0.3 is 12.5 Å². The Morgan fingerprint density at radius 3 is 2.15 bits per heavy atom. The first-order chi connectivity index (χ1) is 8.97. The Labute approximate surface area is 117 Å². The third-order valence-electron chi connectivity index (χ3n) is 1.96. The Kier molecular flexibility index (Phi) is 4.75. The lowest BCUT2D eigenvalue weighted by Crippen LogP contribution is -2.23. The summed E-state index contributed by atoms with van der Waals surface area (Å²) in [5, 5.41) is -1.62. The third-order valence-corrected chi connectivity index (χ3v) is 2.44. The summed E-state index contributed by atoms with van der Waals surface area (Å²) in [4.78, 5) is 13.9. The highest BCUT2D eigenvalue weighted by Gasteiger charge is 2.44. The topological polar surface area (TPSA) is 39.2 Å². The fourth-order valence-electron chi connectivity index (χ4n) is 1.31. The van der Waals surface area contributed by atoms with Crippen LogP contribution in [0.2, 0.25) is 0 Å². The number of halogens is 8. The number of carbonyl (C=O) groups excluding carboxylic acids is 1. The van der Waals surface area contributed by atoms with Crippen molar-refractivity contribution in [2.75, 3.05) is 0 Å². The molecule has 3 nitrogen and oxygen atoms in total. The quantitative estimate of drug-likeness (QED) is 0.471. The van der Waals surface area contributed by atoms with Gasteiger partial charge in [0.15, 0.2) is 0 Å². The number of aromatic nitrogens is 1. The summed E-state index contributed by atoms with van der Waals surface area (Å²) in [5.74, 6) is -2.42. The van der Waals surface area contributed by atoms with Crippen LogP contribution < -0.4 is 4.74 Å². The second-order valence-electron chi connectivity index (χ2n) is 3.29. The first-order valence-corrected chi connectivity index (χ1v) is 5.49. The predicted octanol–water partition coefficient (Wildman–Crippen LogP) is 4.12. The van der Waals surface area contributed by atoms with Gasteiger partial charge in [-0.3, -0.25) is 4.79 Å². The van der Waals surface area contributed by atoms with Gasteiger partial charge in [-0.15, -0.1) is 24.8 Å². The molecule has 1 rings (SSSR count). The highest BCUT2D eigenvalue weighted by molar-refractivity contribution is 6.68. The molecule has 1 aromatic heterocycles. The second kappa shape index (κ2) is 5.65. The zero-order valence-electron chi connectivity index (χ0n) is 9.07. The van der Waals surface area contributed by atoms with Crippen LogP contribution in [0.3, 0.4) is 0 Å². The van der Waals surface area contributed by atoms with Gasteiger partial charge in [-0.1, -0.05) is 0 Å².